The second-order valence-electron chi connectivity index (χ2n) is 6.82. The molecule has 0 radical (unpaired) electrons. The van der Waals surface area contributed by atoms with Gasteiger partial charge in [0.05, 0.1) is 5.69 Å². The van der Waals surface area contributed by atoms with Crippen molar-refractivity contribution >= 4 is 17.4 Å². The first-order valence-corrected chi connectivity index (χ1v) is 9.12. The van der Waals surface area contributed by atoms with Gasteiger partial charge in [0.1, 0.15) is 17.6 Å². The third kappa shape index (κ3) is 3.60. The smallest absolute Gasteiger partial charge is 0.248 e. The van der Waals surface area contributed by atoms with E-state index in [1.807, 2.05) is 0 Å². The van der Waals surface area contributed by atoms with Gasteiger partial charge in [-0.3, -0.25) is 4.79 Å². The Morgan fingerprint density at radius 1 is 1.21 bits per heavy atom. The van der Waals surface area contributed by atoms with Gasteiger partial charge in [0.25, 0.3) is 0 Å². The Bertz CT molecular complexity index is 999. The van der Waals surface area contributed by atoms with Crippen molar-refractivity contribution in [1.82, 2.24) is 15.3 Å². The van der Waals surface area contributed by atoms with Gasteiger partial charge in [0.2, 0.25) is 17.6 Å². The number of benzene rings is 1. The minimum Gasteiger partial charge on any atom is -0.360 e. The highest BCUT2D eigenvalue weighted by molar-refractivity contribution is 5.96. The monoisotopic (exact) mass is 385 g/mol. The van der Waals surface area contributed by atoms with Gasteiger partial charge in [0, 0.05) is 25.1 Å². The molecule has 1 aliphatic heterocycles. The van der Waals surface area contributed by atoms with Crippen LogP contribution in [-0.2, 0) is 4.79 Å². The van der Waals surface area contributed by atoms with E-state index in [2.05, 4.69) is 20.6 Å². The van der Waals surface area contributed by atoms with Crippen LogP contribution in [0.5, 0.6) is 0 Å². The number of hydrogen-bond acceptors (Lipinski definition) is 7. The highest BCUT2D eigenvalue weighted by Gasteiger charge is 2.31. The summed E-state index contributed by atoms with van der Waals surface area (Å²) in [7, 11) is 0. The van der Waals surface area contributed by atoms with Crippen LogP contribution in [0.25, 0.3) is 11.4 Å². The molecular weight excluding hydrogens is 365 g/mol. The number of aryl methyl sites for hydroxylation is 2. The first kappa shape index (κ1) is 18.1. The molecule has 9 heteroatoms. The molecule has 28 heavy (non-hydrogen) atoms. The van der Waals surface area contributed by atoms with Crippen LogP contribution < -0.4 is 10.2 Å². The maximum Gasteiger partial charge on any atom is 0.248 e. The minimum atomic E-state index is -0.487. The topological polar surface area (TPSA) is 97.3 Å². The van der Waals surface area contributed by atoms with Gasteiger partial charge in [0.15, 0.2) is 5.82 Å². The maximum absolute atomic E-state index is 14.9. The molecule has 0 bridgehead atoms. The number of halogens is 1. The summed E-state index contributed by atoms with van der Waals surface area (Å²) in [6.45, 7) is 4.01. The van der Waals surface area contributed by atoms with Gasteiger partial charge < -0.3 is 19.3 Å². The zero-order chi connectivity index (χ0) is 19.7. The van der Waals surface area contributed by atoms with Gasteiger partial charge in [-0.15, -0.1) is 0 Å². The fourth-order valence-electron chi connectivity index (χ4n) is 3.42. The van der Waals surface area contributed by atoms with Gasteiger partial charge in [-0.1, -0.05) is 10.3 Å². The standard InChI is InChI=1S/C19H20FN5O3/c1-11-9-17(23-27-11)22-19(26)16-5-3-4-8-25(16)15-7-6-13(10-14(15)20)18-21-12(2)28-24-18/h6-7,9-10,16H,3-5,8H2,1-2H3,(H,22,23,26). The largest absolute Gasteiger partial charge is 0.360 e. The maximum atomic E-state index is 14.9. The average molecular weight is 385 g/mol. The molecule has 0 spiro atoms. The van der Waals surface area contributed by atoms with Crippen molar-refractivity contribution in [3.63, 3.8) is 0 Å². The molecule has 146 valence electrons. The molecule has 1 amide bonds. The lowest BCUT2D eigenvalue weighted by Gasteiger charge is -2.36. The van der Waals surface area contributed by atoms with Crippen LogP contribution in [0.2, 0.25) is 0 Å². The van der Waals surface area contributed by atoms with Crippen molar-refractivity contribution in [3.8, 4) is 11.4 Å². The predicted octanol–water partition coefficient (Wildman–Crippen LogP) is 3.48. The number of amides is 1. The van der Waals surface area contributed by atoms with Crippen molar-refractivity contribution in [2.24, 2.45) is 0 Å². The number of hydrogen-bond donors (Lipinski definition) is 1. The Labute approximate surface area is 160 Å². The highest BCUT2D eigenvalue weighted by Crippen LogP contribution is 2.30. The molecule has 3 heterocycles. The first-order chi connectivity index (χ1) is 13.5. The summed E-state index contributed by atoms with van der Waals surface area (Å²) in [6.07, 6.45) is 2.42. The van der Waals surface area contributed by atoms with E-state index in [1.165, 1.54) is 6.07 Å². The summed E-state index contributed by atoms with van der Waals surface area (Å²) in [5.41, 5.74) is 0.898. The number of carbonyl (C=O) groups is 1. The Balaban J connectivity index is 1.57. The number of carbonyl (C=O) groups excluding carboxylic acids is 1. The quantitative estimate of drug-likeness (QED) is 0.734. The molecule has 1 saturated heterocycles. The summed E-state index contributed by atoms with van der Waals surface area (Å²) >= 11 is 0. The Hall–Kier alpha value is -3.23. The number of rotatable bonds is 4. The van der Waals surface area contributed by atoms with Gasteiger partial charge in [-0.05, 0) is 44.4 Å². The third-order valence-corrected chi connectivity index (χ3v) is 4.73. The molecule has 1 aliphatic rings. The summed E-state index contributed by atoms with van der Waals surface area (Å²) < 4.78 is 24.8. The molecule has 1 aromatic carbocycles. The number of nitrogens with one attached hydrogen (secondary N) is 1. The molecular formula is C19H20FN5O3. The first-order valence-electron chi connectivity index (χ1n) is 9.12. The fraction of sp³-hybridized carbons (Fsp3) is 0.368. The lowest BCUT2D eigenvalue weighted by Crippen LogP contribution is -2.47. The zero-order valence-corrected chi connectivity index (χ0v) is 15.6. The summed E-state index contributed by atoms with van der Waals surface area (Å²) in [6, 6.07) is 5.91. The molecule has 8 nitrogen and oxygen atoms in total. The van der Waals surface area contributed by atoms with Gasteiger partial charge >= 0.3 is 0 Å². The van der Waals surface area contributed by atoms with Crippen LogP contribution in [0.3, 0.4) is 0 Å². The molecule has 2 aromatic heterocycles. The van der Waals surface area contributed by atoms with Crippen LogP contribution in [0.1, 0.15) is 30.9 Å². The van der Waals surface area contributed by atoms with Crippen LogP contribution in [0.4, 0.5) is 15.9 Å². The third-order valence-electron chi connectivity index (χ3n) is 4.73. The van der Waals surface area contributed by atoms with Crippen LogP contribution >= 0.6 is 0 Å². The lowest BCUT2D eigenvalue weighted by atomic mass is 9.99. The van der Waals surface area contributed by atoms with Crippen molar-refractivity contribution < 1.29 is 18.2 Å². The lowest BCUT2D eigenvalue weighted by molar-refractivity contribution is -0.117. The van der Waals surface area contributed by atoms with Crippen LogP contribution in [0.15, 0.2) is 33.3 Å². The van der Waals surface area contributed by atoms with E-state index < -0.39 is 11.9 Å². The average Bonchev–Trinajstić information content (AvgIpc) is 3.30. The van der Waals surface area contributed by atoms with Crippen molar-refractivity contribution in [2.75, 3.05) is 16.8 Å². The van der Waals surface area contributed by atoms with E-state index in [-0.39, 0.29) is 5.91 Å². The normalized spacial score (nSPS) is 17.0. The Morgan fingerprint density at radius 3 is 2.75 bits per heavy atom. The fourth-order valence-corrected chi connectivity index (χ4v) is 3.42. The second kappa shape index (κ2) is 7.41. The zero-order valence-electron chi connectivity index (χ0n) is 15.6. The molecule has 1 atom stereocenters. The SMILES string of the molecule is Cc1cc(NC(=O)C2CCCCN2c2ccc(-c3noc(C)n3)cc2F)no1. The summed E-state index contributed by atoms with van der Waals surface area (Å²) in [5.74, 6) is 1.04. The molecule has 1 unspecified atom stereocenters. The van der Waals surface area contributed by atoms with Crippen LogP contribution in [0, 0.1) is 19.7 Å². The van der Waals surface area contributed by atoms with E-state index in [1.54, 1.807) is 36.9 Å². The molecule has 4 rings (SSSR count). The predicted molar refractivity (Wildman–Crippen MR) is 99.3 cm³/mol. The summed E-state index contributed by atoms with van der Waals surface area (Å²) in [4.78, 5) is 18.7. The van der Waals surface area contributed by atoms with E-state index in [9.17, 15) is 9.18 Å². The van der Waals surface area contributed by atoms with Crippen molar-refractivity contribution in [3.05, 3.63) is 41.7 Å². The Kier molecular flexibility index (Phi) is 4.81. The number of aromatic nitrogens is 3. The minimum absolute atomic E-state index is 0.231. The van der Waals surface area contributed by atoms with Crippen molar-refractivity contribution in [2.45, 2.75) is 39.2 Å². The summed E-state index contributed by atoms with van der Waals surface area (Å²) in [5, 5.41) is 10.4. The van der Waals surface area contributed by atoms with Gasteiger partial charge in [-0.25, -0.2) is 4.39 Å². The second-order valence-corrected chi connectivity index (χ2v) is 6.82. The van der Waals surface area contributed by atoms with Crippen molar-refractivity contribution in [1.29, 1.82) is 0 Å². The molecule has 1 N–H and O–H groups in total. The van der Waals surface area contributed by atoms with E-state index >= 15 is 0 Å². The van der Waals surface area contributed by atoms with Gasteiger partial charge in [-0.2, -0.15) is 4.98 Å². The van der Waals surface area contributed by atoms with Crippen LogP contribution in [-0.4, -0.2) is 33.8 Å². The van der Waals surface area contributed by atoms with E-state index in [0.717, 1.165) is 12.8 Å². The molecule has 3 aromatic rings. The molecule has 0 saturated carbocycles. The number of nitrogens with zero attached hydrogens (tertiary/aromatic N) is 4. The highest BCUT2D eigenvalue weighted by atomic mass is 19.1. The number of anilines is 2. The van der Waals surface area contributed by atoms with E-state index in [0.29, 0.717) is 47.5 Å². The Morgan fingerprint density at radius 2 is 2.07 bits per heavy atom. The molecule has 0 aliphatic carbocycles. The number of piperidine rings is 1. The molecule has 1 fully saturated rings. The van der Waals surface area contributed by atoms with E-state index in [4.69, 9.17) is 9.05 Å².